The molecule has 3 amide bonds. The predicted molar refractivity (Wildman–Crippen MR) is 145 cm³/mol. The first-order chi connectivity index (χ1) is 17.4. The molecule has 0 fully saturated rings. The monoisotopic (exact) mass is 509 g/mol. The Balaban J connectivity index is 1.81. The van der Waals surface area contributed by atoms with Gasteiger partial charge in [0.05, 0.1) is 26.5 Å². The highest BCUT2D eigenvalue weighted by Crippen LogP contribution is 2.29. The van der Waals surface area contributed by atoms with Crippen molar-refractivity contribution in [1.82, 2.24) is 9.80 Å². The average Bonchev–Trinajstić information content (AvgIpc) is 3.31. The van der Waals surface area contributed by atoms with Crippen molar-refractivity contribution >= 4 is 29.0 Å². The molecule has 0 radical (unpaired) electrons. The molecule has 36 heavy (non-hydrogen) atoms. The Labute approximate surface area is 217 Å². The largest absolute Gasteiger partial charge is 0.497 e. The molecule has 1 heterocycles. The molecule has 1 N–H and O–H groups in total. The Kier molecular flexibility index (Phi) is 9.76. The number of urea groups is 1. The molecular formula is C28H35N3O4S. The third-order valence-electron chi connectivity index (χ3n) is 6.21. The van der Waals surface area contributed by atoms with Crippen molar-refractivity contribution in [2.45, 2.75) is 46.3 Å². The van der Waals surface area contributed by atoms with Gasteiger partial charge in [0, 0.05) is 23.5 Å². The van der Waals surface area contributed by atoms with Crippen LogP contribution in [0.3, 0.4) is 0 Å². The van der Waals surface area contributed by atoms with E-state index in [0.717, 1.165) is 16.0 Å². The molecule has 0 aliphatic rings. The van der Waals surface area contributed by atoms with E-state index in [1.54, 1.807) is 41.5 Å². The van der Waals surface area contributed by atoms with Crippen LogP contribution in [0.25, 0.3) is 0 Å². The first kappa shape index (κ1) is 27.1. The number of hydrogen-bond donors (Lipinski definition) is 1. The number of amides is 3. The summed E-state index contributed by atoms with van der Waals surface area (Å²) in [6.45, 7) is 6.94. The van der Waals surface area contributed by atoms with Crippen LogP contribution in [0.15, 0.2) is 60.0 Å². The molecule has 192 valence electrons. The second-order valence-electron chi connectivity index (χ2n) is 8.64. The van der Waals surface area contributed by atoms with Gasteiger partial charge < -0.3 is 24.6 Å². The molecule has 7 nitrogen and oxygen atoms in total. The number of carbonyl (C=O) groups is 2. The highest BCUT2D eigenvalue weighted by molar-refractivity contribution is 7.10. The van der Waals surface area contributed by atoms with Crippen LogP contribution in [0.5, 0.6) is 11.5 Å². The number of anilines is 1. The lowest BCUT2D eigenvalue weighted by molar-refractivity contribution is -0.133. The Morgan fingerprint density at radius 2 is 1.78 bits per heavy atom. The van der Waals surface area contributed by atoms with Crippen molar-refractivity contribution < 1.29 is 19.1 Å². The lowest BCUT2D eigenvalue weighted by Crippen LogP contribution is -2.47. The summed E-state index contributed by atoms with van der Waals surface area (Å²) in [6.07, 6.45) is 0.711. The molecule has 1 unspecified atom stereocenters. The van der Waals surface area contributed by atoms with Crippen LogP contribution in [-0.2, 0) is 17.9 Å². The zero-order valence-corrected chi connectivity index (χ0v) is 22.4. The van der Waals surface area contributed by atoms with E-state index >= 15 is 0 Å². The van der Waals surface area contributed by atoms with Crippen molar-refractivity contribution in [2.75, 3.05) is 26.1 Å². The number of rotatable bonds is 11. The molecule has 1 atom stereocenters. The van der Waals surface area contributed by atoms with E-state index in [1.165, 1.54) is 7.11 Å². The summed E-state index contributed by atoms with van der Waals surface area (Å²) in [7, 11) is 3.11. The standard InChI is InChI=1S/C28H35N3O4S/c1-6-21(3)31(28(33)29-24-13-12-23(34-4)16-25(24)35-5)19-27(32)30(17-22-10-8-7-9-11-22)18-26-20(2)14-15-36-26/h7-16,21H,6,17-19H2,1-5H3,(H,29,33). The fourth-order valence-electron chi connectivity index (χ4n) is 3.76. The maximum atomic E-state index is 13.6. The summed E-state index contributed by atoms with van der Waals surface area (Å²) < 4.78 is 10.7. The predicted octanol–water partition coefficient (Wildman–Crippen LogP) is 5.94. The van der Waals surface area contributed by atoms with Crippen LogP contribution in [0.1, 0.15) is 36.3 Å². The Morgan fingerprint density at radius 3 is 2.39 bits per heavy atom. The van der Waals surface area contributed by atoms with Crippen molar-refractivity contribution in [2.24, 2.45) is 0 Å². The van der Waals surface area contributed by atoms with Gasteiger partial charge in [-0.05, 0) is 55.0 Å². The molecule has 0 saturated heterocycles. The second kappa shape index (κ2) is 13.0. The number of aryl methyl sites for hydroxylation is 1. The quantitative estimate of drug-likeness (QED) is 0.348. The highest BCUT2D eigenvalue weighted by atomic mass is 32.1. The van der Waals surface area contributed by atoms with Gasteiger partial charge in [-0.3, -0.25) is 4.79 Å². The molecule has 0 saturated carbocycles. The van der Waals surface area contributed by atoms with Gasteiger partial charge in [0.2, 0.25) is 5.91 Å². The molecule has 1 aromatic heterocycles. The number of hydrogen-bond acceptors (Lipinski definition) is 5. The van der Waals surface area contributed by atoms with Gasteiger partial charge in [-0.25, -0.2) is 4.79 Å². The third-order valence-corrected chi connectivity index (χ3v) is 7.22. The van der Waals surface area contributed by atoms with E-state index < -0.39 is 0 Å². The topological polar surface area (TPSA) is 71.1 Å². The highest BCUT2D eigenvalue weighted by Gasteiger charge is 2.26. The van der Waals surface area contributed by atoms with Crippen molar-refractivity contribution in [3.63, 3.8) is 0 Å². The summed E-state index contributed by atoms with van der Waals surface area (Å²) >= 11 is 1.64. The smallest absolute Gasteiger partial charge is 0.322 e. The lowest BCUT2D eigenvalue weighted by atomic mass is 10.2. The second-order valence-corrected chi connectivity index (χ2v) is 9.64. The maximum absolute atomic E-state index is 13.6. The summed E-state index contributed by atoms with van der Waals surface area (Å²) in [5.41, 5.74) is 2.72. The Morgan fingerprint density at radius 1 is 1.03 bits per heavy atom. The van der Waals surface area contributed by atoms with Crippen LogP contribution in [-0.4, -0.2) is 48.5 Å². The van der Waals surface area contributed by atoms with Crippen molar-refractivity contribution in [1.29, 1.82) is 0 Å². The molecule has 0 bridgehead atoms. The minimum absolute atomic E-state index is 0.0312. The minimum Gasteiger partial charge on any atom is -0.497 e. The fraction of sp³-hybridized carbons (Fsp3) is 0.357. The van der Waals surface area contributed by atoms with E-state index in [0.29, 0.717) is 36.7 Å². The molecule has 3 aromatic rings. The first-order valence-electron chi connectivity index (χ1n) is 12.0. The minimum atomic E-state index is -0.354. The van der Waals surface area contributed by atoms with Crippen LogP contribution < -0.4 is 14.8 Å². The zero-order chi connectivity index (χ0) is 26.1. The van der Waals surface area contributed by atoms with E-state index in [1.807, 2.05) is 54.5 Å². The summed E-state index contributed by atoms with van der Waals surface area (Å²) in [4.78, 5) is 31.6. The molecule has 8 heteroatoms. The van der Waals surface area contributed by atoms with Crippen LogP contribution in [0.4, 0.5) is 10.5 Å². The molecular weight excluding hydrogens is 474 g/mol. The van der Waals surface area contributed by atoms with Crippen LogP contribution in [0, 0.1) is 6.92 Å². The Hall–Kier alpha value is -3.52. The van der Waals surface area contributed by atoms with Crippen molar-refractivity contribution in [3.8, 4) is 11.5 Å². The maximum Gasteiger partial charge on any atom is 0.322 e. The molecule has 0 aliphatic heterocycles. The van der Waals surface area contributed by atoms with Crippen molar-refractivity contribution in [3.05, 3.63) is 76.0 Å². The number of thiophene rings is 1. The first-order valence-corrected chi connectivity index (χ1v) is 12.9. The number of carbonyl (C=O) groups excluding carboxylic acids is 2. The lowest BCUT2D eigenvalue weighted by Gasteiger charge is -2.31. The van der Waals surface area contributed by atoms with Gasteiger partial charge >= 0.3 is 6.03 Å². The SMILES string of the molecule is CCC(C)N(CC(=O)N(Cc1ccccc1)Cc1sccc1C)C(=O)Nc1ccc(OC)cc1OC. The van der Waals surface area contributed by atoms with Gasteiger partial charge in [0.25, 0.3) is 0 Å². The van der Waals surface area contributed by atoms with Gasteiger partial charge in [0.1, 0.15) is 18.0 Å². The van der Waals surface area contributed by atoms with Gasteiger partial charge in [-0.15, -0.1) is 11.3 Å². The van der Waals surface area contributed by atoms with E-state index in [-0.39, 0.29) is 24.5 Å². The third kappa shape index (κ3) is 7.01. The number of ether oxygens (including phenoxy) is 2. The molecule has 0 spiro atoms. The summed E-state index contributed by atoms with van der Waals surface area (Å²) in [5.74, 6) is 1.00. The number of methoxy groups -OCH3 is 2. The molecule has 2 aromatic carbocycles. The normalized spacial score (nSPS) is 11.5. The molecule has 0 aliphatic carbocycles. The number of nitrogens with one attached hydrogen (secondary N) is 1. The average molecular weight is 510 g/mol. The Bertz CT molecular complexity index is 1150. The van der Waals surface area contributed by atoms with Gasteiger partial charge in [-0.1, -0.05) is 37.3 Å². The summed E-state index contributed by atoms with van der Waals surface area (Å²) in [6, 6.07) is 16.7. The van der Waals surface area contributed by atoms with E-state index in [9.17, 15) is 9.59 Å². The van der Waals surface area contributed by atoms with Gasteiger partial charge in [-0.2, -0.15) is 0 Å². The van der Waals surface area contributed by atoms with Crippen LogP contribution in [0.2, 0.25) is 0 Å². The number of benzene rings is 2. The summed E-state index contributed by atoms with van der Waals surface area (Å²) in [5, 5.41) is 4.95. The van der Waals surface area contributed by atoms with E-state index in [4.69, 9.17) is 9.47 Å². The molecule has 3 rings (SSSR count). The number of nitrogens with zero attached hydrogens (tertiary/aromatic N) is 2. The van der Waals surface area contributed by atoms with Gasteiger partial charge in [0.15, 0.2) is 0 Å². The van der Waals surface area contributed by atoms with Crippen LogP contribution >= 0.6 is 11.3 Å². The zero-order valence-electron chi connectivity index (χ0n) is 21.6. The van der Waals surface area contributed by atoms with E-state index in [2.05, 4.69) is 18.3 Å². The fourth-order valence-corrected chi connectivity index (χ4v) is 4.68.